The van der Waals surface area contributed by atoms with Gasteiger partial charge in [-0.3, -0.25) is 9.69 Å². The molecule has 1 fully saturated rings. The normalized spacial score (nSPS) is 18.7. The maximum absolute atomic E-state index is 13.1. The molecule has 1 heterocycles. The number of rotatable bonds is 4. The van der Waals surface area contributed by atoms with E-state index in [0.717, 1.165) is 4.90 Å². The number of anilines is 1. The quantitative estimate of drug-likeness (QED) is 0.371. The first-order chi connectivity index (χ1) is 12.6. The van der Waals surface area contributed by atoms with Crippen LogP contribution >= 0.6 is 35.4 Å². The lowest BCUT2D eigenvalue weighted by Crippen LogP contribution is -2.49. The van der Waals surface area contributed by atoms with Gasteiger partial charge in [0.2, 0.25) is 5.91 Å². The third-order valence-corrected chi connectivity index (χ3v) is 4.79. The van der Waals surface area contributed by atoms with Crippen LogP contribution in [0.15, 0.2) is 23.2 Å². The lowest BCUT2D eigenvalue weighted by atomic mass is 9.95. The molecule has 4 nitrogen and oxygen atoms in total. The fourth-order valence-corrected chi connectivity index (χ4v) is 3.19. The van der Waals surface area contributed by atoms with Gasteiger partial charge in [-0.2, -0.15) is 13.2 Å². The number of hydrogen-bond acceptors (Lipinski definition) is 4. The number of nitrogens with zero attached hydrogens (tertiary/aromatic N) is 1. The summed E-state index contributed by atoms with van der Waals surface area (Å²) >= 11 is 17.0. The number of carbonyl (C=O) groups excluding carboxylic acids is 2. The van der Waals surface area contributed by atoms with Crippen molar-refractivity contribution in [3.05, 3.63) is 33.8 Å². The molecule has 0 N–H and O–H groups in total. The lowest BCUT2D eigenvalue weighted by Gasteiger charge is -2.33. The fourth-order valence-electron chi connectivity index (χ4n) is 2.53. The van der Waals surface area contributed by atoms with Gasteiger partial charge in [-0.15, -0.1) is 0 Å². The van der Waals surface area contributed by atoms with Crippen LogP contribution in [0.25, 0.3) is 6.08 Å². The molecule has 1 aliphatic heterocycles. The predicted octanol–water partition coefficient (Wildman–Crippen LogP) is 5.12. The molecule has 1 amide bonds. The van der Waals surface area contributed by atoms with Crippen LogP contribution < -0.4 is 4.90 Å². The summed E-state index contributed by atoms with van der Waals surface area (Å²) in [6, 6.07) is 4.10. The molecule has 1 atom stereocenters. The summed E-state index contributed by atoms with van der Waals surface area (Å²) in [5, 5.41) is -0.0828. The Hall–Kier alpha value is -1.64. The Balaban J connectivity index is 2.41. The van der Waals surface area contributed by atoms with Crippen molar-refractivity contribution in [2.45, 2.75) is 25.9 Å². The molecule has 146 valence electrons. The van der Waals surface area contributed by atoms with Crippen LogP contribution in [0.1, 0.15) is 25.3 Å². The van der Waals surface area contributed by atoms with E-state index >= 15 is 0 Å². The highest BCUT2D eigenvalue weighted by Crippen LogP contribution is 2.37. The van der Waals surface area contributed by atoms with Crippen LogP contribution in [0.5, 0.6) is 0 Å². The van der Waals surface area contributed by atoms with E-state index in [4.69, 9.17) is 40.2 Å². The van der Waals surface area contributed by atoms with Crippen LogP contribution in [-0.2, 0) is 14.3 Å². The van der Waals surface area contributed by atoms with Crippen LogP contribution in [0.3, 0.4) is 0 Å². The minimum Gasteiger partial charge on any atom is -0.462 e. The minimum atomic E-state index is -4.66. The first-order valence-electron chi connectivity index (χ1n) is 7.83. The van der Waals surface area contributed by atoms with Crippen molar-refractivity contribution < 1.29 is 27.5 Å². The Kier molecular flexibility index (Phi) is 6.88. The molecular formula is C17H14Cl2F3NO3S. The van der Waals surface area contributed by atoms with Crippen molar-refractivity contribution in [3.63, 3.8) is 0 Å². The molecule has 0 aromatic heterocycles. The highest BCUT2D eigenvalue weighted by Gasteiger charge is 2.49. The molecule has 1 aliphatic rings. The van der Waals surface area contributed by atoms with E-state index in [9.17, 15) is 22.8 Å². The number of alkyl halides is 3. The van der Waals surface area contributed by atoms with Crippen molar-refractivity contribution in [1.82, 2.24) is 0 Å². The molecule has 10 heteroatoms. The standard InChI is InChI=1S/C17H14Cl2F3NO3S/c1-2-26-16(25)13(19)8-9-7-10(3-5-12(9)18)23-14(27)6-4-11(15(23)24)17(20,21)22/h3,5,7-8,11H,2,4,6H2,1H3. The number of esters is 1. The fraction of sp³-hybridized carbons (Fsp3) is 0.353. The summed E-state index contributed by atoms with van der Waals surface area (Å²) in [5.74, 6) is -4.04. The molecular weight excluding hydrogens is 426 g/mol. The van der Waals surface area contributed by atoms with Gasteiger partial charge in [0, 0.05) is 5.02 Å². The van der Waals surface area contributed by atoms with Crippen molar-refractivity contribution in [2.75, 3.05) is 11.5 Å². The summed E-state index contributed by atoms with van der Waals surface area (Å²) in [6.07, 6.45) is -3.88. The smallest absolute Gasteiger partial charge is 0.400 e. The second-order valence-electron chi connectivity index (χ2n) is 5.62. The average Bonchev–Trinajstić information content (AvgIpc) is 2.56. The largest absolute Gasteiger partial charge is 0.462 e. The van der Waals surface area contributed by atoms with E-state index in [1.807, 2.05) is 0 Å². The molecule has 0 saturated carbocycles. The molecule has 1 saturated heterocycles. The zero-order valence-electron chi connectivity index (χ0n) is 14.0. The molecule has 0 aliphatic carbocycles. The first-order valence-corrected chi connectivity index (χ1v) is 9.00. The summed E-state index contributed by atoms with van der Waals surface area (Å²) < 4.78 is 44.0. The summed E-state index contributed by atoms with van der Waals surface area (Å²) in [4.78, 5) is 24.9. The maximum Gasteiger partial charge on any atom is 0.400 e. The number of piperidine rings is 1. The number of benzene rings is 1. The third-order valence-electron chi connectivity index (χ3n) is 3.80. The summed E-state index contributed by atoms with van der Waals surface area (Å²) in [7, 11) is 0. The van der Waals surface area contributed by atoms with E-state index in [-0.39, 0.29) is 45.7 Å². The van der Waals surface area contributed by atoms with Gasteiger partial charge in [-0.25, -0.2) is 4.79 Å². The second kappa shape index (κ2) is 8.58. The first kappa shape index (κ1) is 21.7. The highest BCUT2D eigenvalue weighted by molar-refractivity contribution is 7.80. The van der Waals surface area contributed by atoms with Gasteiger partial charge in [0.25, 0.3) is 0 Å². The van der Waals surface area contributed by atoms with E-state index in [2.05, 4.69) is 0 Å². The zero-order chi connectivity index (χ0) is 20.4. The maximum atomic E-state index is 13.1. The van der Waals surface area contributed by atoms with Gasteiger partial charge in [-0.1, -0.05) is 35.4 Å². The molecule has 27 heavy (non-hydrogen) atoms. The van der Waals surface area contributed by atoms with Gasteiger partial charge in [0.05, 0.1) is 17.3 Å². The van der Waals surface area contributed by atoms with Crippen LogP contribution in [-0.4, -0.2) is 29.6 Å². The van der Waals surface area contributed by atoms with Crippen molar-refractivity contribution in [1.29, 1.82) is 0 Å². The Morgan fingerprint density at radius 1 is 1.44 bits per heavy atom. The van der Waals surface area contributed by atoms with Crippen molar-refractivity contribution in [2.24, 2.45) is 5.92 Å². The summed E-state index contributed by atoms with van der Waals surface area (Å²) in [6.45, 7) is 1.72. The lowest BCUT2D eigenvalue weighted by molar-refractivity contribution is -0.182. The van der Waals surface area contributed by atoms with Gasteiger partial charge in [-0.05, 0) is 49.6 Å². The molecule has 2 rings (SSSR count). The Morgan fingerprint density at radius 3 is 2.70 bits per heavy atom. The number of halogens is 5. The minimum absolute atomic E-state index is 0.0529. The Labute approximate surface area is 168 Å². The van der Waals surface area contributed by atoms with E-state index < -0.39 is 24.0 Å². The van der Waals surface area contributed by atoms with Gasteiger partial charge < -0.3 is 4.74 Å². The topological polar surface area (TPSA) is 46.6 Å². The van der Waals surface area contributed by atoms with E-state index in [1.165, 1.54) is 24.3 Å². The number of thiocarbonyl (C=S) groups is 1. The third kappa shape index (κ3) is 5.00. The Morgan fingerprint density at radius 2 is 2.11 bits per heavy atom. The van der Waals surface area contributed by atoms with Gasteiger partial charge in [0.15, 0.2) is 0 Å². The predicted molar refractivity (Wildman–Crippen MR) is 101 cm³/mol. The number of hydrogen-bond donors (Lipinski definition) is 0. The highest BCUT2D eigenvalue weighted by atomic mass is 35.5. The van der Waals surface area contributed by atoms with Crippen LogP contribution in [0, 0.1) is 5.92 Å². The zero-order valence-corrected chi connectivity index (χ0v) is 16.3. The Bertz CT molecular complexity index is 811. The SMILES string of the molecule is CCOC(=O)C(Cl)=Cc1cc(N2C(=O)C(C(F)(F)F)CCC2=S)ccc1Cl. The van der Waals surface area contributed by atoms with Crippen molar-refractivity contribution in [3.8, 4) is 0 Å². The molecule has 0 bridgehead atoms. The van der Waals surface area contributed by atoms with Gasteiger partial charge >= 0.3 is 12.1 Å². The number of amides is 1. The van der Waals surface area contributed by atoms with E-state index in [1.54, 1.807) is 6.92 Å². The number of ether oxygens (including phenoxy) is 1. The van der Waals surface area contributed by atoms with Gasteiger partial charge in [0.1, 0.15) is 11.0 Å². The molecule has 0 radical (unpaired) electrons. The monoisotopic (exact) mass is 439 g/mol. The number of carbonyl (C=O) groups is 2. The summed E-state index contributed by atoms with van der Waals surface area (Å²) in [5.41, 5.74) is 0.347. The molecule has 1 aromatic rings. The van der Waals surface area contributed by atoms with Crippen LogP contribution in [0.4, 0.5) is 18.9 Å². The van der Waals surface area contributed by atoms with Crippen molar-refractivity contribution >= 4 is 64.0 Å². The average molecular weight is 440 g/mol. The van der Waals surface area contributed by atoms with Crippen LogP contribution in [0.2, 0.25) is 5.02 Å². The molecule has 0 spiro atoms. The van der Waals surface area contributed by atoms with E-state index in [0.29, 0.717) is 0 Å². The molecule has 1 unspecified atom stereocenters. The molecule has 1 aromatic carbocycles. The second-order valence-corrected chi connectivity index (χ2v) is 6.90.